The van der Waals surface area contributed by atoms with E-state index in [9.17, 15) is 4.79 Å². The first kappa shape index (κ1) is 19.7. The van der Waals surface area contributed by atoms with Gasteiger partial charge in [-0.15, -0.1) is 0 Å². The molecule has 0 aromatic heterocycles. The standard InChI is InChI=1S/C22H34N4O/c1-4-17(5-2)15-24-22(23-3)26-16-18(19-9-6-7-10-20(19)26)12-14-25-13-8-11-21(25)27/h6-7,9-10,17-18H,4-5,8,11-16H2,1-3H3,(H,23,24). The summed E-state index contributed by atoms with van der Waals surface area (Å²) in [6.07, 6.45) is 5.12. The van der Waals surface area contributed by atoms with E-state index < -0.39 is 0 Å². The third-order valence-electron chi connectivity index (χ3n) is 6.16. The van der Waals surface area contributed by atoms with Gasteiger partial charge in [-0.25, -0.2) is 0 Å². The van der Waals surface area contributed by atoms with Crippen LogP contribution in [0.2, 0.25) is 0 Å². The Morgan fingerprint density at radius 3 is 2.74 bits per heavy atom. The average molecular weight is 371 g/mol. The third kappa shape index (κ3) is 4.45. The van der Waals surface area contributed by atoms with Crippen molar-refractivity contribution < 1.29 is 4.79 Å². The van der Waals surface area contributed by atoms with Crippen molar-refractivity contribution >= 4 is 17.6 Å². The minimum Gasteiger partial charge on any atom is -0.356 e. The number of carbonyl (C=O) groups excluding carboxylic acids is 1. The predicted molar refractivity (Wildman–Crippen MR) is 112 cm³/mol. The first-order valence-corrected chi connectivity index (χ1v) is 10.5. The molecule has 0 bridgehead atoms. The summed E-state index contributed by atoms with van der Waals surface area (Å²) in [5.41, 5.74) is 2.64. The van der Waals surface area contributed by atoms with Gasteiger partial charge < -0.3 is 15.1 Å². The zero-order chi connectivity index (χ0) is 19.2. The van der Waals surface area contributed by atoms with Gasteiger partial charge in [0.25, 0.3) is 0 Å². The van der Waals surface area contributed by atoms with Crippen molar-refractivity contribution in [1.29, 1.82) is 0 Å². The smallest absolute Gasteiger partial charge is 0.222 e. The number of rotatable bonds is 7. The molecule has 2 aliphatic heterocycles. The summed E-state index contributed by atoms with van der Waals surface area (Å²) >= 11 is 0. The molecule has 0 aliphatic carbocycles. The minimum absolute atomic E-state index is 0.320. The summed E-state index contributed by atoms with van der Waals surface area (Å²) < 4.78 is 0. The van der Waals surface area contributed by atoms with E-state index in [0.717, 1.165) is 51.4 Å². The fourth-order valence-corrected chi connectivity index (χ4v) is 4.30. The van der Waals surface area contributed by atoms with Gasteiger partial charge in [0.1, 0.15) is 0 Å². The monoisotopic (exact) mass is 370 g/mol. The summed E-state index contributed by atoms with van der Waals surface area (Å²) in [6.45, 7) is 8.19. The molecule has 27 heavy (non-hydrogen) atoms. The van der Waals surface area contributed by atoms with Crippen LogP contribution in [0.1, 0.15) is 57.4 Å². The quantitative estimate of drug-likeness (QED) is 0.589. The molecule has 1 aromatic rings. The molecule has 1 fully saturated rings. The molecule has 1 aromatic carbocycles. The van der Waals surface area contributed by atoms with Crippen molar-refractivity contribution in [3.63, 3.8) is 0 Å². The molecule has 148 valence electrons. The molecule has 1 amide bonds. The van der Waals surface area contributed by atoms with Gasteiger partial charge in [-0.1, -0.05) is 44.9 Å². The molecule has 5 heteroatoms. The lowest BCUT2D eigenvalue weighted by molar-refractivity contribution is -0.127. The van der Waals surface area contributed by atoms with E-state index in [4.69, 9.17) is 0 Å². The van der Waals surface area contributed by atoms with Gasteiger partial charge in [0.05, 0.1) is 0 Å². The number of likely N-dealkylation sites (tertiary alicyclic amines) is 1. The Bertz CT molecular complexity index is 668. The highest BCUT2D eigenvalue weighted by Gasteiger charge is 2.32. The van der Waals surface area contributed by atoms with E-state index >= 15 is 0 Å². The van der Waals surface area contributed by atoms with Crippen LogP contribution in [0, 0.1) is 5.92 Å². The molecular weight excluding hydrogens is 336 g/mol. The van der Waals surface area contributed by atoms with Crippen LogP contribution in [-0.4, -0.2) is 50.0 Å². The maximum atomic E-state index is 11.9. The first-order valence-electron chi connectivity index (χ1n) is 10.5. The topological polar surface area (TPSA) is 47.9 Å². The van der Waals surface area contributed by atoms with E-state index in [1.807, 2.05) is 11.9 Å². The summed E-state index contributed by atoms with van der Waals surface area (Å²) in [5, 5.41) is 3.59. The number of nitrogens with zero attached hydrogens (tertiary/aromatic N) is 3. The number of hydrogen-bond acceptors (Lipinski definition) is 2. The van der Waals surface area contributed by atoms with E-state index in [2.05, 4.69) is 53.3 Å². The zero-order valence-electron chi connectivity index (χ0n) is 17.1. The highest BCUT2D eigenvalue weighted by Crippen LogP contribution is 2.38. The Morgan fingerprint density at radius 2 is 2.07 bits per heavy atom. The molecule has 1 saturated heterocycles. The summed E-state index contributed by atoms with van der Waals surface area (Å²) in [7, 11) is 1.87. The van der Waals surface area contributed by atoms with Gasteiger partial charge >= 0.3 is 0 Å². The van der Waals surface area contributed by atoms with Crippen LogP contribution < -0.4 is 10.2 Å². The van der Waals surface area contributed by atoms with Crippen LogP contribution in [0.5, 0.6) is 0 Å². The summed E-state index contributed by atoms with van der Waals surface area (Å²) in [4.78, 5) is 20.9. The number of anilines is 1. The van der Waals surface area contributed by atoms with Gasteiger partial charge in [-0.05, 0) is 30.4 Å². The second kappa shape index (κ2) is 9.25. The lowest BCUT2D eigenvalue weighted by Crippen LogP contribution is -2.43. The SMILES string of the molecule is CCC(CC)CNC(=NC)N1CC(CCN2CCCC2=O)c2ccccc21. The molecule has 0 spiro atoms. The highest BCUT2D eigenvalue weighted by atomic mass is 16.2. The third-order valence-corrected chi connectivity index (χ3v) is 6.16. The number of para-hydroxylation sites is 1. The fourth-order valence-electron chi connectivity index (χ4n) is 4.30. The van der Waals surface area contributed by atoms with Crippen LogP contribution in [0.25, 0.3) is 0 Å². The molecule has 2 aliphatic rings. The number of nitrogens with one attached hydrogen (secondary N) is 1. The second-order valence-corrected chi connectivity index (χ2v) is 7.75. The van der Waals surface area contributed by atoms with Crippen LogP contribution in [0.4, 0.5) is 5.69 Å². The Kier molecular flexibility index (Phi) is 6.75. The van der Waals surface area contributed by atoms with Crippen LogP contribution in [0.3, 0.4) is 0 Å². The van der Waals surface area contributed by atoms with Crippen LogP contribution in [0.15, 0.2) is 29.3 Å². The number of aliphatic imine (C=N–C) groups is 1. The van der Waals surface area contributed by atoms with Crippen molar-refractivity contribution in [2.75, 3.05) is 38.1 Å². The van der Waals surface area contributed by atoms with Crippen molar-refractivity contribution in [1.82, 2.24) is 10.2 Å². The van der Waals surface area contributed by atoms with Crippen LogP contribution >= 0.6 is 0 Å². The fraction of sp³-hybridized carbons (Fsp3) is 0.636. The number of fused-ring (bicyclic) bond motifs is 1. The molecular formula is C22H34N4O. The number of benzene rings is 1. The van der Waals surface area contributed by atoms with E-state index in [1.165, 1.54) is 24.1 Å². The predicted octanol–water partition coefficient (Wildman–Crippen LogP) is 3.61. The van der Waals surface area contributed by atoms with Crippen molar-refractivity contribution in [2.45, 2.75) is 51.9 Å². The Balaban J connectivity index is 1.68. The molecule has 0 saturated carbocycles. The number of guanidine groups is 1. The maximum Gasteiger partial charge on any atom is 0.222 e. The molecule has 1 unspecified atom stereocenters. The van der Waals surface area contributed by atoms with E-state index in [1.54, 1.807) is 0 Å². The lowest BCUT2D eigenvalue weighted by atomic mass is 9.98. The van der Waals surface area contributed by atoms with Gasteiger partial charge in [-0.3, -0.25) is 9.79 Å². The summed E-state index contributed by atoms with van der Waals surface area (Å²) in [5.74, 6) is 2.41. The van der Waals surface area contributed by atoms with Gasteiger partial charge in [-0.2, -0.15) is 0 Å². The molecule has 1 atom stereocenters. The Morgan fingerprint density at radius 1 is 1.30 bits per heavy atom. The van der Waals surface area contributed by atoms with E-state index in [-0.39, 0.29) is 0 Å². The number of hydrogen-bond donors (Lipinski definition) is 1. The normalized spacial score (nSPS) is 19.9. The average Bonchev–Trinajstić information content (AvgIpc) is 3.27. The Labute approximate surface area is 163 Å². The van der Waals surface area contributed by atoms with Gasteiger partial charge in [0, 0.05) is 51.3 Å². The van der Waals surface area contributed by atoms with Gasteiger partial charge in [0.15, 0.2) is 5.96 Å². The van der Waals surface area contributed by atoms with Gasteiger partial charge in [0.2, 0.25) is 5.91 Å². The van der Waals surface area contributed by atoms with Crippen LogP contribution in [-0.2, 0) is 4.79 Å². The number of amides is 1. The minimum atomic E-state index is 0.320. The highest BCUT2D eigenvalue weighted by molar-refractivity contribution is 5.98. The molecule has 2 heterocycles. The summed E-state index contributed by atoms with van der Waals surface area (Å²) in [6, 6.07) is 8.66. The molecule has 5 nitrogen and oxygen atoms in total. The van der Waals surface area contributed by atoms with Crippen molar-refractivity contribution in [2.24, 2.45) is 10.9 Å². The second-order valence-electron chi connectivity index (χ2n) is 7.75. The molecule has 0 radical (unpaired) electrons. The lowest BCUT2D eigenvalue weighted by Gasteiger charge is -2.25. The Hall–Kier alpha value is -2.04. The molecule has 1 N–H and O–H groups in total. The maximum absolute atomic E-state index is 11.9. The van der Waals surface area contributed by atoms with Crippen molar-refractivity contribution in [3.05, 3.63) is 29.8 Å². The van der Waals surface area contributed by atoms with E-state index in [0.29, 0.717) is 17.7 Å². The molecule has 3 rings (SSSR count). The first-order chi connectivity index (χ1) is 13.2. The zero-order valence-corrected chi connectivity index (χ0v) is 17.1. The number of carbonyl (C=O) groups is 1. The van der Waals surface area contributed by atoms with Crippen molar-refractivity contribution in [3.8, 4) is 0 Å². The largest absolute Gasteiger partial charge is 0.356 e.